The molecule has 17 heavy (non-hydrogen) atoms. The number of benzene rings is 1. The first kappa shape index (κ1) is 12.9. The zero-order valence-electron chi connectivity index (χ0n) is 9.64. The molecule has 0 spiro atoms. The molecule has 1 saturated heterocycles. The highest BCUT2D eigenvalue weighted by molar-refractivity contribution is 7.99. The third-order valence-corrected chi connectivity index (χ3v) is 4.21. The summed E-state index contributed by atoms with van der Waals surface area (Å²) in [6.45, 7) is 1.46. The van der Waals surface area contributed by atoms with Crippen LogP contribution in [0.3, 0.4) is 0 Å². The van der Waals surface area contributed by atoms with E-state index in [4.69, 9.17) is 4.74 Å². The van der Waals surface area contributed by atoms with Gasteiger partial charge in [-0.15, -0.1) is 11.8 Å². The molecular weight excluding hydrogens is 239 g/mol. The third kappa shape index (κ3) is 3.69. The topological polar surface area (TPSA) is 29.5 Å². The second kappa shape index (κ2) is 6.38. The minimum absolute atomic E-state index is 0.211. The lowest BCUT2D eigenvalue weighted by molar-refractivity contribution is 0.0169. The largest absolute Gasteiger partial charge is 0.392 e. The van der Waals surface area contributed by atoms with Gasteiger partial charge in [-0.25, -0.2) is 4.39 Å². The summed E-state index contributed by atoms with van der Waals surface area (Å²) in [4.78, 5) is 0.610. The number of ether oxygens (including phenoxy) is 1. The van der Waals surface area contributed by atoms with Crippen molar-refractivity contribution in [1.29, 1.82) is 0 Å². The molecule has 1 fully saturated rings. The van der Waals surface area contributed by atoms with Crippen molar-refractivity contribution in [1.82, 2.24) is 0 Å². The maximum Gasteiger partial charge on any atom is 0.136 e. The summed E-state index contributed by atoms with van der Waals surface area (Å²) in [5.41, 5.74) is 0. The molecule has 0 amide bonds. The second-order valence-electron chi connectivity index (χ2n) is 4.26. The molecule has 1 aliphatic heterocycles. The summed E-state index contributed by atoms with van der Waals surface area (Å²) in [6.07, 6.45) is 1.43. The highest BCUT2D eigenvalue weighted by Crippen LogP contribution is 2.26. The molecule has 0 radical (unpaired) electrons. The lowest BCUT2D eigenvalue weighted by Crippen LogP contribution is -2.28. The van der Waals surface area contributed by atoms with E-state index in [1.54, 1.807) is 12.1 Å². The molecule has 1 aromatic carbocycles. The molecule has 1 N–H and O–H groups in total. The fourth-order valence-corrected chi connectivity index (χ4v) is 2.98. The van der Waals surface area contributed by atoms with Crippen molar-refractivity contribution in [2.75, 3.05) is 19.0 Å². The van der Waals surface area contributed by atoms with Gasteiger partial charge in [0.25, 0.3) is 0 Å². The molecule has 1 atom stereocenters. The van der Waals surface area contributed by atoms with Gasteiger partial charge in [0.1, 0.15) is 5.82 Å². The Morgan fingerprint density at radius 3 is 2.76 bits per heavy atom. The molecule has 1 aliphatic rings. The quantitative estimate of drug-likeness (QED) is 0.840. The van der Waals surface area contributed by atoms with Crippen LogP contribution in [0.4, 0.5) is 4.39 Å². The van der Waals surface area contributed by atoms with Crippen molar-refractivity contribution >= 4 is 11.8 Å². The summed E-state index contributed by atoms with van der Waals surface area (Å²) in [7, 11) is 0. The van der Waals surface area contributed by atoms with E-state index < -0.39 is 0 Å². The summed E-state index contributed by atoms with van der Waals surface area (Å²) in [6, 6.07) is 6.68. The van der Waals surface area contributed by atoms with Crippen LogP contribution in [0.5, 0.6) is 0 Å². The Balaban J connectivity index is 1.83. The second-order valence-corrected chi connectivity index (χ2v) is 5.32. The van der Waals surface area contributed by atoms with Gasteiger partial charge in [0.05, 0.1) is 6.10 Å². The van der Waals surface area contributed by atoms with E-state index >= 15 is 0 Å². The van der Waals surface area contributed by atoms with Crippen molar-refractivity contribution in [3.63, 3.8) is 0 Å². The van der Waals surface area contributed by atoms with Crippen molar-refractivity contribution < 1.29 is 14.2 Å². The van der Waals surface area contributed by atoms with Crippen LogP contribution in [0.1, 0.15) is 12.8 Å². The van der Waals surface area contributed by atoms with Crippen LogP contribution in [0.25, 0.3) is 0 Å². The van der Waals surface area contributed by atoms with E-state index in [0.717, 1.165) is 26.1 Å². The van der Waals surface area contributed by atoms with Gasteiger partial charge in [0.15, 0.2) is 0 Å². The van der Waals surface area contributed by atoms with Crippen LogP contribution in [0, 0.1) is 11.7 Å². The van der Waals surface area contributed by atoms with Gasteiger partial charge in [-0.2, -0.15) is 0 Å². The summed E-state index contributed by atoms with van der Waals surface area (Å²) < 4.78 is 18.6. The highest BCUT2D eigenvalue weighted by atomic mass is 32.2. The molecule has 1 unspecified atom stereocenters. The predicted octanol–water partition coefficient (Wildman–Crippen LogP) is 2.71. The first-order valence-electron chi connectivity index (χ1n) is 5.90. The number of halogens is 1. The smallest absolute Gasteiger partial charge is 0.136 e. The summed E-state index contributed by atoms with van der Waals surface area (Å²) in [5, 5.41) is 10.0. The lowest BCUT2D eigenvalue weighted by atomic mass is 9.95. The minimum atomic E-state index is -0.372. The van der Waals surface area contributed by atoms with Crippen LogP contribution in [0.15, 0.2) is 29.2 Å². The van der Waals surface area contributed by atoms with Crippen LogP contribution in [-0.2, 0) is 4.74 Å². The molecule has 1 aromatic rings. The van der Waals surface area contributed by atoms with Crippen molar-refractivity contribution in [3.05, 3.63) is 30.1 Å². The van der Waals surface area contributed by atoms with Crippen LogP contribution < -0.4 is 0 Å². The fraction of sp³-hybridized carbons (Fsp3) is 0.538. The average Bonchev–Trinajstić information content (AvgIpc) is 2.38. The van der Waals surface area contributed by atoms with Crippen LogP contribution in [0.2, 0.25) is 0 Å². The molecule has 2 rings (SSSR count). The van der Waals surface area contributed by atoms with Gasteiger partial charge in [-0.1, -0.05) is 12.1 Å². The van der Waals surface area contributed by atoms with Gasteiger partial charge in [-0.05, 0) is 30.9 Å². The van der Waals surface area contributed by atoms with E-state index in [2.05, 4.69) is 0 Å². The molecule has 0 aromatic heterocycles. The Hall–Kier alpha value is -0.580. The summed E-state index contributed by atoms with van der Waals surface area (Å²) >= 11 is 1.38. The number of rotatable bonds is 4. The van der Waals surface area contributed by atoms with E-state index in [1.807, 2.05) is 6.07 Å². The number of hydrogen-bond donors (Lipinski definition) is 1. The van der Waals surface area contributed by atoms with Crippen LogP contribution in [-0.4, -0.2) is 30.2 Å². The maximum absolute atomic E-state index is 13.4. The lowest BCUT2D eigenvalue weighted by Gasteiger charge is -2.26. The Labute approximate surface area is 105 Å². The molecule has 4 heteroatoms. The van der Waals surface area contributed by atoms with E-state index in [-0.39, 0.29) is 11.9 Å². The average molecular weight is 256 g/mol. The molecule has 0 saturated carbocycles. The monoisotopic (exact) mass is 256 g/mol. The van der Waals surface area contributed by atoms with E-state index in [1.165, 1.54) is 17.8 Å². The van der Waals surface area contributed by atoms with Gasteiger partial charge in [0, 0.05) is 23.9 Å². The highest BCUT2D eigenvalue weighted by Gasteiger charge is 2.22. The first-order chi connectivity index (χ1) is 8.27. The Morgan fingerprint density at radius 1 is 1.35 bits per heavy atom. The third-order valence-electron chi connectivity index (χ3n) is 3.06. The number of hydrogen-bond acceptors (Lipinski definition) is 3. The summed E-state index contributed by atoms with van der Waals surface area (Å²) in [5.74, 6) is 0.630. The zero-order valence-corrected chi connectivity index (χ0v) is 10.5. The number of thioether (sulfide) groups is 1. The zero-order chi connectivity index (χ0) is 12.1. The number of aliphatic hydroxyl groups excluding tert-OH is 1. The van der Waals surface area contributed by atoms with Crippen molar-refractivity contribution in [2.24, 2.45) is 5.92 Å². The maximum atomic E-state index is 13.4. The van der Waals surface area contributed by atoms with Crippen molar-refractivity contribution in [2.45, 2.75) is 23.8 Å². The van der Waals surface area contributed by atoms with E-state index in [0.29, 0.717) is 16.6 Å². The van der Waals surface area contributed by atoms with Gasteiger partial charge in [0.2, 0.25) is 0 Å². The Morgan fingerprint density at radius 2 is 2.06 bits per heavy atom. The molecular formula is C13H17FO2S. The Kier molecular flexibility index (Phi) is 4.83. The molecule has 0 aliphatic carbocycles. The molecule has 1 heterocycles. The Bertz CT molecular complexity index is 353. The molecule has 0 bridgehead atoms. The molecule has 2 nitrogen and oxygen atoms in total. The number of aliphatic hydroxyl groups is 1. The first-order valence-corrected chi connectivity index (χ1v) is 6.89. The van der Waals surface area contributed by atoms with E-state index in [9.17, 15) is 9.50 Å². The van der Waals surface area contributed by atoms with Gasteiger partial charge >= 0.3 is 0 Å². The molecule has 94 valence electrons. The minimum Gasteiger partial charge on any atom is -0.392 e. The van der Waals surface area contributed by atoms with Gasteiger partial charge in [-0.3, -0.25) is 0 Å². The normalized spacial score (nSPS) is 19.2. The van der Waals surface area contributed by atoms with Crippen molar-refractivity contribution in [3.8, 4) is 0 Å². The SMILES string of the molecule is OC(CSc1ccccc1F)C1CCOCC1. The standard InChI is InChI=1S/C13H17FO2S/c14-11-3-1-2-4-13(11)17-9-12(15)10-5-7-16-8-6-10/h1-4,10,12,15H,5-9H2. The van der Waals surface area contributed by atoms with Gasteiger partial charge < -0.3 is 9.84 Å². The fourth-order valence-electron chi connectivity index (χ4n) is 1.97. The van der Waals surface area contributed by atoms with Crippen LogP contribution >= 0.6 is 11.8 Å². The predicted molar refractivity (Wildman–Crippen MR) is 66.7 cm³/mol.